The molecule has 1 heterocycles. The Bertz CT molecular complexity index is 1370. The third-order valence-electron chi connectivity index (χ3n) is 8.32. The number of hydrogen-bond donors (Lipinski definition) is 4. The van der Waals surface area contributed by atoms with E-state index >= 15 is 0 Å². The number of nitrogen functional groups attached to an aromatic ring is 1. The molecule has 0 bridgehead atoms. The molecule has 2 atom stereocenters. The van der Waals surface area contributed by atoms with E-state index in [0.717, 1.165) is 37.1 Å². The van der Waals surface area contributed by atoms with E-state index < -0.39 is 0 Å². The van der Waals surface area contributed by atoms with Gasteiger partial charge >= 0.3 is 0 Å². The third kappa shape index (κ3) is 6.17. The number of benzene rings is 2. The zero-order chi connectivity index (χ0) is 27.3. The number of carbonyl (C=O) groups is 1. The minimum absolute atomic E-state index is 0.194. The summed E-state index contributed by atoms with van der Waals surface area (Å²) in [6.45, 7) is 0.546. The minimum atomic E-state index is -0.194. The summed E-state index contributed by atoms with van der Waals surface area (Å²) < 4.78 is 0. The molecule has 1 aromatic heterocycles. The predicted octanol–water partition coefficient (Wildman–Crippen LogP) is 6.30. The molecule has 2 saturated carbocycles. The number of hydrogen-bond acceptors (Lipinski definition) is 7. The van der Waals surface area contributed by atoms with Crippen molar-refractivity contribution in [3.8, 4) is 0 Å². The van der Waals surface area contributed by atoms with Crippen LogP contribution >= 0.6 is 0 Å². The lowest BCUT2D eigenvalue weighted by Gasteiger charge is -2.22. The Kier molecular flexibility index (Phi) is 7.75. The van der Waals surface area contributed by atoms with Gasteiger partial charge in [-0.15, -0.1) is 0 Å². The number of rotatable bonds is 8. The highest BCUT2D eigenvalue weighted by Gasteiger charge is 2.32. The first-order valence-electron chi connectivity index (χ1n) is 14.5. The number of aromatic nitrogens is 3. The molecule has 5 N–H and O–H groups in total. The summed E-state index contributed by atoms with van der Waals surface area (Å²) >= 11 is 0. The Hall–Kier alpha value is -4.20. The van der Waals surface area contributed by atoms with Crippen LogP contribution in [0.25, 0.3) is 0 Å². The fraction of sp³-hybridized carbons (Fsp3) is 0.375. The number of para-hydroxylation sites is 2. The van der Waals surface area contributed by atoms with Crippen LogP contribution in [0.3, 0.4) is 0 Å². The number of amides is 1. The molecule has 2 aromatic carbocycles. The smallest absolute Gasteiger partial charge is 0.255 e. The van der Waals surface area contributed by atoms with E-state index in [1.165, 1.54) is 19.3 Å². The summed E-state index contributed by atoms with van der Waals surface area (Å²) in [6, 6.07) is 15.1. The first kappa shape index (κ1) is 26.0. The van der Waals surface area contributed by atoms with Gasteiger partial charge in [0.15, 0.2) is 0 Å². The standard InChI is InChI=1S/C32H37N7O/c33-27-12-6-7-13-28(27)36-30(40)23-16-14-21(15-17-23)20-34-31-37-29(22-8-2-1-3-9-22)38-32(39-31)35-26-18-24-10-4-5-11-25(24)19-26/h4-7,10-17,22,24-26H,1-3,8-9,18-20,33H2,(H,36,40)(H2,34,35,37,38,39). The highest BCUT2D eigenvalue weighted by atomic mass is 16.1. The molecule has 2 unspecified atom stereocenters. The van der Waals surface area contributed by atoms with Gasteiger partial charge in [0.25, 0.3) is 5.91 Å². The van der Waals surface area contributed by atoms with E-state index in [-0.39, 0.29) is 5.91 Å². The number of nitrogens with zero attached hydrogens (tertiary/aromatic N) is 3. The van der Waals surface area contributed by atoms with E-state index in [1.807, 2.05) is 36.4 Å². The van der Waals surface area contributed by atoms with Crippen LogP contribution in [0.5, 0.6) is 0 Å². The van der Waals surface area contributed by atoms with Crippen LogP contribution in [-0.2, 0) is 6.54 Å². The molecule has 3 aliphatic carbocycles. The van der Waals surface area contributed by atoms with Crippen molar-refractivity contribution in [3.63, 3.8) is 0 Å². The first-order chi connectivity index (χ1) is 19.6. The van der Waals surface area contributed by atoms with Crippen molar-refractivity contribution >= 4 is 29.2 Å². The molecule has 3 aliphatic rings. The summed E-state index contributed by atoms with van der Waals surface area (Å²) in [5, 5.41) is 9.92. The second kappa shape index (κ2) is 11.9. The molecule has 3 aromatic rings. The molecule has 0 radical (unpaired) electrons. The molecule has 0 spiro atoms. The van der Waals surface area contributed by atoms with Crippen LogP contribution in [0.4, 0.5) is 23.3 Å². The fourth-order valence-corrected chi connectivity index (χ4v) is 6.10. The first-order valence-corrected chi connectivity index (χ1v) is 14.5. The van der Waals surface area contributed by atoms with Crippen LogP contribution in [-0.4, -0.2) is 26.9 Å². The Morgan fingerprint density at radius 3 is 2.27 bits per heavy atom. The summed E-state index contributed by atoms with van der Waals surface area (Å²) in [4.78, 5) is 27.2. The Labute approximate surface area is 235 Å². The van der Waals surface area contributed by atoms with Gasteiger partial charge in [0.2, 0.25) is 11.9 Å². The maximum Gasteiger partial charge on any atom is 0.255 e. The lowest BCUT2D eigenvalue weighted by molar-refractivity contribution is 0.102. The molecule has 8 nitrogen and oxygen atoms in total. The van der Waals surface area contributed by atoms with Gasteiger partial charge in [0.1, 0.15) is 5.82 Å². The van der Waals surface area contributed by atoms with Crippen molar-refractivity contribution in [1.29, 1.82) is 0 Å². The highest BCUT2D eigenvalue weighted by Crippen LogP contribution is 2.37. The third-order valence-corrected chi connectivity index (χ3v) is 8.32. The van der Waals surface area contributed by atoms with Crippen LogP contribution < -0.4 is 21.7 Å². The topological polar surface area (TPSA) is 118 Å². The summed E-state index contributed by atoms with van der Waals surface area (Å²) in [7, 11) is 0. The van der Waals surface area contributed by atoms with Crippen LogP contribution in [0.1, 0.15) is 72.6 Å². The van der Waals surface area contributed by atoms with Gasteiger partial charge in [-0.25, -0.2) is 0 Å². The van der Waals surface area contributed by atoms with Crippen LogP contribution in [0, 0.1) is 11.8 Å². The SMILES string of the molecule is Nc1ccccc1NC(=O)c1ccc(CNc2nc(NC3CC4C=CC=CC4C3)nc(C3CCCCC3)n2)cc1. The average molecular weight is 536 g/mol. The van der Waals surface area contributed by atoms with Crippen LogP contribution in [0.2, 0.25) is 0 Å². The van der Waals surface area contributed by atoms with E-state index in [1.54, 1.807) is 12.1 Å². The van der Waals surface area contributed by atoms with Crippen LogP contribution in [0.15, 0.2) is 72.8 Å². The van der Waals surface area contributed by atoms with Crippen molar-refractivity contribution < 1.29 is 4.79 Å². The summed E-state index contributed by atoms with van der Waals surface area (Å²) in [5.41, 5.74) is 8.70. The maximum absolute atomic E-state index is 12.7. The molecule has 0 aliphatic heterocycles. The summed E-state index contributed by atoms with van der Waals surface area (Å²) in [6.07, 6.45) is 17.2. The molecule has 6 rings (SSSR count). The molecule has 40 heavy (non-hydrogen) atoms. The van der Waals surface area contributed by atoms with Crippen molar-refractivity contribution in [2.75, 3.05) is 21.7 Å². The number of fused-ring (bicyclic) bond motifs is 1. The average Bonchev–Trinajstić information content (AvgIpc) is 3.40. The van der Waals surface area contributed by atoms with E-state index in [9.17, 15) is 4.79 Å². The van der Waals surface area contributed by atoms with Gasteiger partial charge in [-0.05, 0) is 67.3 Å². The lowest BCUT2D eigenvalue weighted by Crippen LogP contribution is -2.20. The number of nitrogens with two attached hydrogens (primary N) is 1. The Morgan fingerprint density at radius 2 is 1.55 bits per heavy atom. The summed E-state index contributed by atoms with van der Waals surface area (Å²) in [5.74, 6) is 3.52. The Balaban J connectivity index is 1.13. The number of carbonyl (C=O) groups excluding carboxylic acids is 1. The zero-order valence-electron chi connectivity index (χ0n) is 22.7. The lowest BCUT2D eigenvalue weighted by atomic mass is 9.89. The number of allylic oxidation sites excluding steroid dienone is 4. The van der Waals surface area contributed by atoms with E-state index in [4.69, 9.17) is 20.7 Å². The normalized spacial score (nSPS) is 22.1. The minimum Gasteiger partial charge on any atom is -0.397 e. The van der Waals surface area contributed by atoms with Gasteiger partial charge in [0.05, 0.1) is 11.4 Å². The molecule has 206 valence electrons. The fourth-order valence-electron chi connectivity index (χ4n) is 6.10. The van der Waals surface area contributed by atoms with Gasteiger partial charge in [-0.3, -0.25) is 4.79 Å². The highest BCUT2D eigenvalue weighted by molar-refractivity contribution is 6.05. The number of nitrogens with one attached hydrogen (secondary N) is 3. The van der Waals surface area contributed by atoms with E-state index in [0.29, 0.717) is 59.2 Å². The zero-order valence-corrected chi connectivity index (χ0v) is 22.7. The van der Waals surface area contributed by atoms with Gasteiger partial charge in [-0.1, -0.05) is 67.8 Å². The maximum atomic E-state index is 12.7. The molecule has 8 heteroatoms. The van der Waals surface area contributed by atoms with E-state index in [2.05, 4.69) is 40.3 Å². The van der Waals surface area contributed by atoms with Crippen molar-refractivity contribution in [1.82, 2.24) is 15.0 Å². The van der Waals surface area contributed by atoms with Crippen molar-refractivity contribution in [2.24, 2.45) is 11.8 Å². The monoisotopic (exact) mass is 535 g/mol. The van der Waals surface area contributed by atoms with Gasteiger partial charge in [-0.2, -0.15) is 15.0 Å². The predicted molar refractivity (Wildman–Crippen MR) is 160 cm³/mol. The molecule has 0 saturated heterocycles. The quantitative estimate of drug-likeness (QED) is 0.250. The molecule has 1 amide bonds. The second-order valence-electron chi connectivity index (χ2n) is 11.2. The number of anilines is 4. The van der Waals surface area contributed by atoms with Crippen molar-refractivity contribution in [3.05, 3.63) is 89.8 Å². The molecular weight excluding hydrogens is 498 g/mol. The largest absolute Gasteiger partial charge is 0.397 e. The molecular formula is C32H37N7O. The van der Waals surface area contributed by atoms with Gasteiger partial charge in [0, 0.05) is 24.1 Å². The second-order valence-corrected chi connectivity index (χ2v) is 11.2. The van der Waals surface area contributed by atoms with Crippen molar-refractivity contribution in [2.45, 2.75) is 63.5 Å². The molecule has 2 fully saturated rings. The Morgan fingerprint density at radius 1 is 0.850 bits per heavy atom. The van der Waals surface area contributed by atoms with Gasteiger partial charge < -0.3 is 21.7 Å².